The van der Waals surface area contributed by atoms with Gasteiger partial charge in [0.05, 0.1) is 13.0 Å². The van der Waals surface area contributed by atoms with E-state index in [1.165, 1.54) is 0 Å². The molecule has 0 aromatic heterocycles. The fourth-order valence-corrected chi connectivity index (χ4v) is 4.37. The number of hydrogen-bond donors (Lipinski definition) is 1. The number of anilines is 1. The normalized spacial score (nSPS) is 15.7. The van der Waals surface area contributed by atoms with Crippen molar-refractivity contribution in [2.75, 3.05) is 11.9 Å². The van der Waals surface area contributed by atoms with Crippen LogP contribution < -0.4 is 5.32 Å². The van der Waals surface area contributed by atoms with E-state index in [4.69, 9.17) is 23.8 Å². The maximum Gasteiger partial charge on any atom is 0.252 e. The number of halogens is 1. The van der Waals surface area contributed by atoms with Crippen LogP contribution in [0.3, 0.4) is 0 Å². The SMILES string of the molecule is O=C(C[C@H]1C(=O)N(Cc2ccccc2)C(=S)N1CCc1ccccc1)Nc1ccc(Cl)cc1. The van der Waals surface area contributed by atoms with Crippen molar-refractivity contribution in [2.45, 2.75) is 25.4 Å². The molecule has 0 spiro atoms. The monoisotopic (exact) mass is 477 g/mol. The van der Waals surface area contributed by atoms with Gasteiger partial charge in [-0.05, 0) is 54.0 Å². The molecular formula is C26H24ClN3O2S. The third-order valence-corrected chi connectivity index (χ3v) is 6.29. The first-order valence-electron chi connectivity index (χ1n) is 10.8. The molecule has 1 saturated heterocycles. The van der Waals surface area contributed by atoms with Gasteiger partial charge in [-0.3, -0.25) is 14.5 Å². The highest BCUT2D eigenvalue weighted by Crippen LogP contribution is 2.24. The Kier molecular flexibility index (Phi) is 7.37. The maximum atomic E-state index is 13.4. The van der Waals surface area contributed by atoms with E-state index in [9.17, 15) is 9.59 Å². The number of hydrogen-bond acceptors (Lipinski definition) is 3. The molecule has 168 valence electrons. The van der Waals surface area contributed by atoms with Crippen molar-refractivity contribution < 1.29 is 9.59 Å². The molecule has 5 nitrogen and oxygen atoms in total. The number of nitrogens with zero attached hydrogens (tertiary/aromatic N) is 2. The minimum atomic E-state index is -0.641. The van der Waals surface area contributed by atoms with Crippen LogP contribution >= 0.6 is 23.8 Å². The average molecular weight is 478 g/mol. The number of benzene rings is 3. The molecule has 0 saturated carbocycles. The van der Waals surface area contributed by atoms with Crippen LogP contribution in [0.2, 0.25) is 5.02 Å². The van der Waals surface area contributed by atoms with Crippen LogP contribution in [-0.4, -0.2) is 39.3 Å². The molecule has 4 rings (SSSR count). The number of amides is 2. The van der Waals surface area contributed by atoms with Crippen LogP contribution in [0.25, 0.3) is 0 Å². The Morgan fingerprint density at radius 2 is 1.52 bits per heavy atom. The predicted molar refractivity (Wildman–Crippen MR) is 135 cm³/mol. The third-order valence-electron chi connectivity index (χ3n) is 5.58. The lowest BCUT2D eigenvalue weighted by Gasteiger charge is -2.24. The van der Waals surface area contributed by atoms with Gasteiger partial charge in [-0.1, -0.05) is 72.3 Å². The lowest BCUT2D eigenvalue weighted by Crippen LogP contribution is -2.39. The van der Waals surface area contributed by atoms with Gasteiger partial charge < -0.3 is 10.2 Å². The molecule has 7 heteroatoms. The standard InChI is InChI=1S/C26H24ClN3O2S/c27-21-11-13-22(14-12-21)28-24(31)17-23-25(32)30(18-20-9-5-2-6-10-20)26(33)29(23)16-15-19-7-3-1-4-8-19/h1-14,23H,15-18H2,(H,28,31)/t23-/m0/s1. The zero-order valence-corrected chi connectivity index (χ0v) is 19.6. The van der Waals surface area contributed by atoms with E-state index >= 15 is 0 Å². The maximum absolute atomic E-state index is 13.4. The van der Waals surface area contributed by atoms with Gasteiger partial charge in [0, 0.05) is 17.3 Å². The van der Waals surface area contributed by atoms with E-state index < -0.39 is 6.04 Å². The largest absolute Gasteiger partial charge is 0.336 e. The van der Waals surface area contributed by atoms with Crippen LogP contribution in [0.15, 0.2) is 84.9 Å². The summed E-state index contributed by atoms with van der Waals surface area (Å²) < 4.78 is 0. The lowest BCUT2D eigenvalue weighted by molar-refractivity contribution is -0.131. The van der Waals surface area contributed by atoms with E-state index in [0.29, 0.717) is 28.9 Å². The Labute approximate surface area is 204 Å². The van der Waals surface area contributed by atoms with Crippen LogP contribution in [0.4, 0.5) is 5.69 Å². The molecule has 3 aromatic rings. The van der Waals surface area contributed by atoms with E-state index in [-0.39, 0.29) is 18.2 Å². The van der Waals surface area contributed by atoms with Crippen LogP contribution in [0, 0.1) is 0 Å². The first-order valence-corrected chi connectivity index (χ1v) is 11.5. The van der Waals surface area contributed by atoms with Gasteiger partial charge in [0.25, 0.3) is 5.91 Å². The molecule has 1 heterocycles. The highest BCUT2D eigenvalue weighted by molar-refractivity contribution is 7.80. The van der Waals surface area contributed by atoms with Crippen LogP contribution in [-0.2, 0) is 22.6 Å². The molecule has 0 radical (unpaired) electrons. The predicted octanol–water partition coefficient (Wildman–Crippen LogP) is 4.91. The quantitative estimate of drug-likeness (QED) is 0.468. The van der Waals surface area contributed by atoms with Gasteiger partial charge in [-0.2, -0.15) is 0 Å². The van der Waals surface area contributed by atoms with E-state index in [1.54, 1.807) is 29.2 Å². The Hall–Kier alpha value is -3.22. The molecule has 0 aliphatic carbocycles. The average Bonchev–Trinajstić information content (AvgIpc) is 3.04. The number of carbonyl (C=O) groups excluding carboxylic acids is 2. The van der Waals surface area contributed by atoms with Crippen molar-refractivity contribution in [3.8, 4) is 0 Å². The van der Waals surface area contributed by atoms with E-state index in [1.807, 2.05) is 65.6 Å². The zero-order chi connectivity index (χ0) is 23.2. The lowest BCUT2D eigenvalue weighted by atomic mass is 10.1. The smallest absolute Gasteiger partial charge is 0.252 e. The number of carbonyl (C=O) groups is 2. The van der Waals surface area contributed by atoms with E-state index in [0.717, 1.165) is 17.5 Å². The molecule has 1 N–H and O–H groups in total. The number of nitrogens with one attached hydrogen (secondary N) is 1. The summed E-state index contributed by atoms with van der Waals surface area (Å²) in [6.45, 7) is 0.939. The zero-order valence-electron chi connectivity index (χ0n) is 18.0. The molecular weight excluding hydrogens is 454 g/mol. The molecule has 1 fully saturated rings. The number of thiocarbonyl (C=S) groups is 1. The van der Waals surface area contributed by atoms with Crippen molar-refractivity contribution >= 4 is 46.4 Å². The second-order valence-corrected chi connectivity index (χ2v) is 8.70. The second-order valence-electron chi connectivity index (χ2n) is 7.90. The fraction of sp³-hybridized carbons (Fsp3) is 0.192. The van der Waals surface area contributed by atoms with Gasteiger partial charge in [0.1, 0.15) is 6.04 Å². The fourth-order valence-electron chi connectivity index (χ4n) is 3.87. The summed E-state index contributed by atoms with van der Waals surface area (Å²) in [4.78, 5) is 29.7. The molecule has 0 bridgehead atoms. The highest BCUT2D eigenvalue weighted by Gasteiger charge is 2.43. The Balaban J connectivity index is 1.50. The summed E-state index contributed by atoms with van der Waals surface area (Å²) in [7, 11) is 0. The summed E-state index contributed by atoms with van der Waals surface area (Å²) >= 11 is 11.6. The van der Waals surface area contributed by atoms with Gasteiger partial charge in [0.2, 0.25) is 5.91 Å². The third kappa shape index (κ3) is 5.78. The summed E-state index contributed by atoms with van der Waals surface area (Å²) in [6, 6.07) is 26.0. The Bertz CT molecular complexity index is 1120. The first-order chi connectivity index (χ1) is 16.0. The van der Waals surface area contributed by atoms with Gasteiger partial charge in [-0.25, -0.2) is 0 Å². The summed E-state index contributed by atoms with van der Waals surface area (Å²) in [5.74, 6) is -0.395. The summed E-state index contributed by atoms with van der Waals surface area (Å²) in [5, 5.41) is 3.90. The Morgan fingerprint density at radius 1 is 0.909 bits per heavy atom. The highest BCUT2D eigenvalue weighted by atomic mass is 35.5. The summed E-state index contributed by atoms with van der Waals surface area (Å²) in [6.07, 6.45) is 0.740. The van der Waals surface area contributed by atoms with Crippen molar-refractivity contribution in [3.63, 3.8) is 0 Å². The minimum absolute atomic E-state index is 0.0156. The topological polar surface area (TPSA) is 52.7 Å². The van der Waals surface area contributed by atoms with Crippen LogP contribution in [0.1, 0.15) is 17.5 Å². The number of rotatable bonds is 8. The van der Waals surface area contributed by atoms with Gasteiger partial charge in [0.15, 0.2) is 5.11 Å². The molecule has 0 unspecified atom stereocenters. The first kappa shape index (κ1) is 23.0. The van der Waals surface area contributed by atoms with Crippen LogP contribution in [0.5, 0.6) is 0 Å². The van der Waals surface area contributed by atoms with Gasteiger partial charge >= 0.3 is 0 Å². The van der Waals surface area contributed by atoms with Crippen molar-refractivity contribution in [3.05, 3.63) is 101 Å². The molecule has 1 aliphatic rings. The molecule has 3 aromatic carbocycles. The molecule has 33 heavy (non-hydrogen) atoms. The Morgan fingerprint density at radius 3 is 2.15 bits per heavy atom. The van der Waals surface area contributed by atoms with Crippen molar-refractivity contribution in [2.24, 2.45) is 0 Å². The van der Waals surface area contributed by atoms with Crippen molar-refractivity contribution in [1.29, 1.82) is 0 Å². The molecule has 1 atom stereocenters. The molecule has 2 amide bonds. The summed E-state index contributed by atoms with van der Waals surface area (Å²) in [5.41, 5.74) is 2.77. The second kappa shape index (κ2) is 10.6. The molecule has 1 aliphatic heterocycles. The van der Waals surface area contributed by atoms with Gasteiger partial charge in [-0.15, -0.1) is 0 Å². The van der Waals surface area contributed by atoms with Crippen molar-refractivity contribution in [1.82, 2.24) is 9.80 Å². The minimum Gasteiger partial charge on any atom is -0.336 e. The van der Waals surface area contributed by atoms with E-state index in [2.05, 4.69) is 5.32 Å².